The van der Waals surface area contributed by atoms with Gasteiger partial charge in [-0.25, -0.2) is 12.7 Å². The van der Waals surface area contributed by atoms with E-state index >= 15 is 0 Å². The second-order valence-corrected chi connectivity index (χ2v) is 8.08. The maximum Gasteiger partial charge on any atom is 0.242 e. The minimum Gasteiger partial charge on any atom is -0.397 e. The highest BCUT2D eigenvalue weighted by Gasteiger charge is 2.45. The largest absolute Gasteiger partial charge is 0.397 e. The van der Waals surface area contributed by atoms with Crippen LogP contribution in [0.2, 0.25) is 0 Å². The van der Waals surface area contributed by atoms with Crippen LogP contribution in [0.5, 0.6) is 0 Å². The van der Waals surface area contributed by atoms with Crippen LogP contribution >= 0.6 is 0 Å². The number of anilines is 2. The number of nitrogens with two attached hydrogens (primary N) is 1. The fraction of sp³-hybridized carbons (Fsp3) is 0.538. The molecule has 1 aliphatic carbocycles. The lowest BCUT2D eigenvalue weighted by Crippen LogP contribution is -2.22. The zero-order chi connectivity index (χ0) is 14.4. The summed E-state index contributed by atoms with van der Waals surface area (Å²) in [6, 6.07) is 5.13. The van der Waals surface area contributed by atoms with Gasteiger partial charge in [0.1, 0.15) is 0 Å². The SMILES string of the molecule is CN(C)S(=O)(=O)c1ccc(N)c(NC2CC2(C)C)c1. The van der Waals surface area contributed by atoms with Crippen molar-refractivity contribution in [3.63, 3.8) is 0 Å². The molecule has 1 atom stereocenters. The van der Waals surface area contributed by atoms with Crippen LogP contribution in [0.4, 0.5) is 11.4 Å². The predicted octanol–water partition coefficient (Wildman–Crippen LogP) is 1.73. The summed E-state index contributed by atoms with van der Waals surface area (Å²) in [7, 11) is -0.389. The summed E-state index contributed by atoms with van der Waals surface area (Å²) >= 11 is 0. The van der Waals surface area contributed by atoms with Crippen molar-refractivity contribution in [2.24, 2.45) is 5.41 Å². The average Bonchev–Trinajstić information content (AvgIpc) is 2.88. The smallest absolute Gasteiger partial charge is 0.242 e. The first kappa shape index (κ1) is 14.1. The van der Waals surface area contributed by atoms with Gasteiger partial charge in [0.25, 0.3) is 0 Å². The first-order valence-electron chi connectivity index (χ1n) is 6.23. The minimum absolute atomic E-state index is 0.253. The summed E-state index contributed by atoms with van der Waals surface area (Å²) in [5, 5.41) is 3.32. The Labute approximate surface area is 114 Å². The maximum absolute atomic E-state index is 12.1. The quantitative estimate of drug-likeness (QED) is 0.825. The van der Waals surface area contributed by atoms with Crippen molar-refractivity contribution in [3.8, 4) is 0 Å². The number of hydrogen-bond donors (Lipinski definition) is 2. The van der Waals surface area contributed by atoms with Crippen molar-refractivity contribution in [1.82, 2.24) is 4.31 Å². The van der Waals surface area contributed by atoms with E-state index in [1.165, 1.54) is 24.5 Å². The van der Waals surface area contributed by atoms with E-state index in [9.17, 15) is 8.42 Å². The number of hydrogen-bond acceptors (Lipinski definition) is 4. The van der Waals surface area contributed by atoms with Gasteiger partial charge < -0.3 is 11.1 Å². The van der Waals surface area contributed by atoms with E-state index in [-0.39, 0.29) is 10.3 Å². The molecular formula is C13H21N3O2S. The van der Waals surface area contributed by atoms with Crippen molar-refractivity contribution >= 4 is 21.4 Å². The van der Waals surface area contributed by atoms with Gasteiger partial charge in [0.2, 0.25) is 10.0 Å². The fourth-order valence-electron chi connectivity index (χ4n) is 1.93. The van der Waals surface area contributed by atoms with Crippen LogP contribution in [0.1, 0.15) is 20.3 Å². The van der Waals surface area contributed by atoms with Crippen molar-refractivity contribution < 1.29 is 8.42 Å². The molecule has 1 saturated carbocycles. The lowest BCUT2D eigenvalue weighted by Gasteiger charge is -2.15. The fourth-order valence-corrected chi connectivity index (χ4v) is 2.86. The zero-order valence-electron chi connectivity index (χ0n) is 11.8. The molecule has 0 aliphatic heterocycles. The Balaban J connectivity index is 2.31. The summed E-state index contributed by atoms with van der Waals surface area (Å²) < 4.78 is 25.4. The van der Waals surface area contributed by atoms with Gasteiger partial charge in [0, 0.05) is 20.1 Å². The first-order valence-corrected chi connectivity index (χ1v) is 7.67. The Morgan fingerprint density at radius 1 is 1.37 bits per heavy atom. The standard InChI is InChI=1S/C13H21N3O2S/c1-13(2)8-12(13)15-11-7-9(5-6-10(11)14)19(17,18)16(3)4/h5-7,12,15H,8,14H2,1-4H3. The minimum atomic E-state index is -3.42. The number of nitrogens with one attached hydrogen (secondary N) is 1. The van der Waals surface area contributed by atoms with E-state index < -0.39 is 10.0 Å². The van der Waals surface area contributed by atoms with Gasteiger partial charge in [-0.2, -0.15) is 0 Å². The molecular weight excluding hydrogens is 262 g/mol. The normalized spacial score (nSPS) is 21.4. The van der Waals surface area contributed by atoms with Crippen molar-refractivity contribution in [1.29, 1.82) is 0 Å². The molecule has 5 nitrogen and oxygen atoms in total. The molecule has 106 valence electrons. The van der Waals surface area contributed by atoms with Crippen LogP contribution in [-0.4, -0.2) is 32.9 Å². The summed E-state index contributed by atoms with van der Waals surface area (Å²) in [6.45, 7) is 4.34. The van der Waals surface area contributed by atoms with E-state index in [1.807, 2.05) is 0 Å². The lowest BCUT2D eigenvalue weighted by molar-refractivity contribution is 0.521. The number of nitrogens with zero attached hydrogens (tertiary/aromatic N) is 1. The van der Waals surface area contributed by atoms with Gasteiger partial charge >= 0.3 is 0 Å². The van der Waals surface area contributed by atoms with Crippen LogP contribution in [0, 0.1) is 5.41 Å². The van der Waals surface area contributed by atoms with Gasteiger partial charge in [0.05, 0.1) is 16.3 Å². The monoisotopic (exact) mass is 283 g/mol. The molecule has 1 aromatic carbocycles. The summed E-state index contributed by atoms with van der Waals surface area (Å²) in [5.74, 6) is 0. The molecule has 0 heterocycles. The van der Waals surface area contributed by atoms with Crippen LogP contribution in [-0.2, 0) is 10.0 Å². The Hall–Kier alpha value is -1.27. The Morgan fingerprint density at radius 2 is 1.95 bits per heavy atom. The van der Waals surface area contributed by atoms with Crippen molar-refractivity contribution in [2.75, 3.05) is 25.1 Å². The van der Waals surface area contributed by atoms with Gasteiger partial charge in [-0.1, -0.05) is 13.8 Å². The predicted molar refractivity (Wildman–Crippen MR) is 77.5 cm³/mol. The maximum atomic E-state index is 12.1. The molecule has 0 radical (unpaired) electrons. The molecule has 1 aliphatic rings. The molecule has 6 heteroatoms. The molecule has 3 N–H and O–H groups in total. The van der Waals surface area contributed by atoms with E-state index in [0.717, 1.165) is 6.42 Å². The molecule has 0 spiro atoms. The molecule has 0 amide bonds. The third-order valence-corrected chi connectivity index (χ3v) is 5.46. The summed E-state index contributed by atoms with van der Waals surface area (Å²) in [5.41, 5.74) is 7.42. The lowest BCUT2D eigenvalue weighted by atomic mass is 10.2. The Bertz CT molecular complexity index is 594. The van der Waals surface area contributed by atoms with Crippen molar-refractivity contribution in [2.45, 2.75) is 31.2 Å². The van der Waals surface area contributed by atoms with Gasteiger partial charge in [-0.05, 0) is 30.0 Å². The number of rotatable bonds is 4. The third kappa shape index (κ3) is 2.69. The van der Waals surface area contributed by atoms with E-state index in [1.54, 1.807) is 12.1 Å². The average molecular weight is 283 g/mol. The highest BCUT2D eigenvalue weighted by Crippen LogP contribution is 2.47. The molecule has 0 aromatic heterocycles. The highest BCUT2D eigenvalue weighted by molar-refractivity contribution is 7.89. The molecule has 1 aromatic rings. The summed E-state index contributed by atoms with van der Waals surface area (Å²) in [4.78, 5) is 0.257. The Morgan fingerprint density at radius 3 is 2.42 bits per heavy atom. The molecule has 1 unspecified atom stereocenters. The van der Waals surface area contributed by atoms with E-state index in [0.29, 0.717) is 17.4 Å². The van der Waals surface area contributed by atoms with Crippen LogP contribution in [0.3, 0.4) is 0 Å². The molecule has 2 rings (SSSR count). The number of sulfonamides is 1. The molecule has 0 saturated heterocycles. The second-order valence-electron chi connectivity index (χ2n) is 5.93. The number of nitrogen functional groups attached to an aromatic ring is 1. The molecule has 19 heavy (non-hydrogen) atoms. The van der Waals surface area contributed by atoms with Gasteiger partial charge in [-0.3, -0.25) is 0 Å². The summed E-state index contributed by atoms with van der Waals surface area (Å²) in [6.07, 6.45) is 1.07. The molecule has 0 bridgehead atoms. The van der Waals surface area contributed by atoms with Crippen molar-refractivity contribution in [3.05, 3.63) is 18.2 Å². The third-order valence-electron chi connectivity index (χ3n) is 3.65. The van der Waals surface area contributed by atoms with E-state index in [2.05, 4.69) is 19.2 Å². The first-order chi connectivity index (χ1) is 8.64. The van der Waals surface area contributed by atoms with Gasteiger partial charge in [-0.15, -0.1) is 0 Å². The zero-order valence-corrected chi connectivity index (χ0v) is 12.6. The highest BCUT2D eigenvalue weighted by atomic mass is 32.2. The van der Waals surface area contributed by atoms with Crippen LogP contribution in [0.15, 0.2) is 23.1 Å². The van der Waals surface area contributed by atoms with Crippen LogP contribution in [0.25, 0.3) is 0 Å². The van der Waals surface area contributed by atoms with E-state index in [4.69, 9.17) is 5.73 Å². The molecule has 1 fully saturated rings. The topological polar surface area (TPSA) is 75.4 Å². The second kappa shape index (κ2) is 4.38. The number of benzene rings is 1. The van der Waals surface area contributed by atoms with Crippen LogP contribution < -0.4 is 11.1 Å². The Kier molecular flexibility index (Phi) is 3.26. The van der Waals surface area contributed by atoms with Gasteiger partial charge in [0.15, 0.2) is 0 Å².